The third-order valence-electron chi connectivity index (χ3n) is 5.18. The highest BCUT2D eigenvalue weighted by Crippen LogP contribution is 2.19. The average molecular weight is 443 g/mol. The summed E-state index contributed by atoms with van der Waals surface area (Å²) in [7, 11) is 1.78. The van der Waals surface area contributed by atoms with Crippen LogP contribution in [0.5, 0.6) is 0 Å². The van der Waals surface area contributed by atoms with Gasteiger partial charge in [0, 0.05) is 62.5 Å². The van der Waals surface area contributed by atoms with Crippen LogP contribution in [0.4, 0.5) is 10.1 Å². The second-order valence-electron chi connectivity index (χ2n) is 7.19. The van der Waals surface area contributed by atoms with Gasteiger partial charge < -0.3 is 19.6 Å². The molecule has 0 bridgehead atoms. The first-order valence-corrected chi connectivity index (χ1v) is 10.5. The molecule has 0 spiro atoms. The second kappa shape index (κ2) is 9.78. The minimum atomic E-state index is -0.214. The zero-order chi connectivity index (χ0) is 21.6. The van der Waals surface area contributed by atoms with Crippen molar-refractivity contribution in [2.75, 3.05) is 44.7 Å². The number of guanidine groups is 1. The predicted octanol–water partition coefficient (Wildman–Crippen LogP) is 3.47. The van der Waals surface area contributed by atoms with E-state index in [0.717, 1.165) is 43.4 Å². The van der Waals surface area contributed by atoms with Gasteiger partial charge in [-0.15, -0.1) is 0 Å². The number of nitrogens with zero attached hydrogens (tertiary/aromatic N) is 5. The zero-order valence-electron chi connectivity index (χ0n) is 17.3. The smallest absolute Gasteiger partial charge is 0.228 e. The molecule has 3 aromatic rings. The van der Waals surface area contributed by atoms with Gasteiger partial charge in [0.1, 0.15) is 5.82 Å². The molecule has 162 valence electrons. The fraction of sp³-hybridized carbons (Fsp3) is 0.318. The number of nitrogens with one attached hydrogen (secondary N) is 1. The highest BCUT2D eigenvalue weighted by Gasteiger charge is 2.20. The number of benzene rings is 2. The molecule has 1 N–H and O–H groups in total. The Morgan fingerprint density at radius 1 is 1.10 bits per heavy atom. The molecule has 0 saturated carbocycles. The zero-order valence-corrected chi connectivity index (χ0v) is 18.0. The first-order chi connectivity index (χ1) is 15.1. The van der Waals surface area contributed by atoms with Crippen molar-refractivity contribution in [3.8, 4) is 11.4 Å². The molecule has 2 aromatic carbocycles. The third kappa shape index (κ3) is 5.32. The van der Waals surface area contributed by atoms with E-state index < -0.39 is 0 Å². The highest BCUT2D eigenvalue weighted by molar-refractivity contribution is 6.30. The van der Waals surface area contributed by atoms with E-state index in [9.17, 15) is 4.39 Å². The van der Waals surface area contributed by atoms with Crippen LogP contribution in [0, 0.1) is 5.82 Å². The molecular weight excluding hydrogens is 419 g/mol. The largest absolute Gasteiger partial charge is 0.368 e. The van der Waals surface area contributed by atoms with Crippen LogP contribution in [0.1, 0.15) is 5.89 Å². The van der Waals surface area contributed by atoms with Gasteiger partial charge in [0.15, 0.2) is 5.96 Å². The summed E-state index contributed by atoms with van der Waals surface area (Å²) in [5.41, 5.74) is 1.90. The van der Waals surface area contributed by atoms with Crippen LogP contribution in [0.3, 0.4) is 0 Å². The summed E-state index contributed by atoms with van der Waals surface area (Å²) in [5.74, 6) is 1.74. The molecule has 0 radical (unpaired) electrons. The first-order valence-electron chi connectivity index (χ1n) is 10.2. The lowest BCUT2D eigenvalue weighted by Crippen LogP contribution is -2.52. The monoisotopic (exact) mass is 442 g/mol. The molecule has 2 heterocycles. The Balaban J connectivity index is 1.26. The van der Waals surface area contributed by atoms with Crippen molar-refractivity contribution in [3.05, 3.63) is 65.3 Å². The van der Waals surface area contributed by atoms with Gasteiger partial charge in [-0.1, -0.05) is 16.8 Å². The molecule has 31 heavy (non-hydrogen) atoms. The maximum absolute atomic E-state index is 13.1. The van der Waals surface area contributed by atoms with Gasteiger partial charge >= 0.3 is 0 Å². The van der Waals surface area contributed by atoms with Crippen LogP contribution in [-0.4, -0.2) is 60.8 Å². The van der Waals surface area contributed by atoms with Crippen molar-refractivity contribution >= 4 is 23.2 Å². The quantitative estimate of drug-likeness (QED) is 0.482. The second-order valence-corrected chi connectivity index (χ2v) is 7.63. The molecule has 4 rings (SSSR count). The lowest BCUT2D eigenvalue weighted by Gasteiger charge is -2.37. The van der Waals surface area contributed by atoms with E-state index in [1.165, 1.54) is 12.1 Å². The van der Waals surface area contributed by atoms with Crippen LogP contribution in [0.15, 0.2) is 58.0 Å². The van der Waals surface area contributed by atoms with E-state index in [1.807, 2.05) is 24.3 Å². The molecule has 1 aromatic heterocycles. The van der Waals surface area contributed by atoms with Crippen LogP contribution in [-0.2, 0) is 6.42 Å². The molecule has 1 fully saturated rings. The summed E-state index contributed by atoms with van der Waals surface area (Å²) < 4.78 is 18.5. The summed E-state index contributed by atoms with van der Waals surface area (Å²) in [6.45, 7) is 3.99. The molecule has 7 nitrogen and oxygen atoms in total. The van der Waals surface area contributed by atoms with E-state index >= 15 is 0 Å². The lowest BCUT2D eigenvalue weighted by molar-refractivity contribution is 0.365. The third-order valence-corrected chi connectivity index (χ3v) is 5.43. The minimum Gasteiger partial charge on any atom is -0.368 e. The standard InChI is InChI=1S/C22H24ClFN6O/c1-25-22(30-14-12-29(13-15-30)19-8-6-18(24)7-9-19)26-11-10-20-27-21(28-31-20)16-2-4-17(23)5-3-16/h2-9H,10-15H2,1H3,(H,25,26). The summed E-state index contributed by atoms with van der Waals surface area (Å²) in [4.78, 5) is 13.3. The number of rotatable bonds is 5. The van der Waals surface area contributed by atoms with Gasteiger partial charge in [-0.2, -0.15) is 4.98 Å². The number of anilines is 1. The fourth-order valence-corrected chi connectivity index (χ4v) is 3.64. The Morgan fingerprint density at radius 2 is 1.81 bits per heavy atom. The van der Waals surface area contributed by atoms with Gasteiger partial charge in [-0.05, 0) is 48.5 Å². The maximum atomic E-state index is 13.1. The minimum absolute atomic E-state index is 0.214. The van der Waals surface area contributed by atoms with Gasteiger partial charge in [-0.3, -0.25) is 4.99 Å². The van der Waals surface area contributed by atoms with Crippen LogP contribution in [0.25, 0.3) is 11.4 Å². The van der Waals surface area contributed by atoms with Gasteiger partial charge in [-0.25, -0.2) is 4.39 Å². The van der Waals surface area contributed by atoms with Crippen LogP contribution in [0.2, 0.25) is 5.02 Å². The fourth-order valence-electron chi connectivity index (χ4n) is 3.51. The van der Waals surface area contributed by atoms with Crippen molar-refractivity contribution in [3.63, 3.8) is 0 Å². The summed E-state index contributed by atoms with van der Waals surface area (Å²) in [6, 6.07) is 14.0. The SMILES string of the molecule is CN=C(NCCc1nc(-c2ccc(Cl)cc2)no1)N1CCN(c2ccc(F)cc2)CC1. The Bertz CT molecular complexity index is 1010. The normalized spacial score (nSPS) is 14.7. The van der Waals surface area contributed by atoms with Crippen molar-refractivity contribution in [2.24, 2.45) is 4.99 Å². The molecular formula is C22H24ClFN6O. The van der Waals surface area contributed by atoms with E-state index in [1.54, 1.807) is 19.2 Å². The van der Waals surface area contributed by atoms with E-state index in [-0.39, 0.29) is 5.82 Å². The van der Waals surface area contributed by atoms with Gasteiger partial charge in [0.2, 0.25) is 11.7 Å². The number of aliphatic imine (C=N–C) groups is 1. The predicted molar refractivity (Wildman–Crippen MR) is 120 cm³/mol. The topological polar surface area (TPSA) is 69.8 Å². The molecule has 1 saturated heterocycles. The molecule has 0 atom stereocenters. The number of hydrogen-bond donors (Lipinski definition) is 1. The van der Waals surface area contributed by atoms with Gasteiger partial charge in [0.25, 0.3) is 0 Å². The maximum Gasteiger partial charge on any atom is 0.228 e. The van der Waals surface area contributed by atoms with Crippen molar-refractivity contribution in [2.45, 2.75) is 6.42 Å². The molecule has 0 amide bonds. The van der Waals surface area contributed by atoms with Crippen molar-refractivity contribution in [1.82, 2.24) is 20.4 Å². The van der Waals surface area contributed by atoms with Gasteiger partial charge in [0.05, 0.1) is 0 Å². The molecule has 9 heteroatoms. The summed E-state index contributed by atoms with van der Waals surface area (Å²) >= 11 is 5.92. The van der Waals surface area contributed by atoms with Crippen LogP contribution >= 0.6 is 11.6 Å². The van der Waals surface area contributed by atoms with Crippen molar-refractivity contribution < 1.29 is 8.91 Å². The van der Waals surface area contributed by atoms with E-state index in [0.29, 0.717) is 29.7 Å². The van der Waals surface area contributed by atoms with Crippen LogP contribution < -0.4 is 10.2 Å². The Labute approximate surface area is 185 Å². The Hall–Kier alpha value is -3.13. The number of hydrogen-bond acceptors (Lipinski definition) is 5. The summed E-state index contributed by atoms with van der Waals surface area (Å²) in [6.07, 6.45) is 0.592. The number of aromatic nitrogens is 2. The Kier molecular flexibility index (Phi) is 6.66. The van der Waals surface area contributed by atoms with E-state index in [2.05, 4.69) is 30.2 Å². The molecule has 1 aliphatic rings. The molecule has 1 aliphatic heterocycles. The van der Waals surface area contributed by atoms with E-state index in [4.69, 9.17) is 16.1 Å². The average Bonchev–Trinajstić information content (AvgIpc) is 3.27. The highest BCUT2D eigenvalue weighted by atomic mass is 35.5. The first kappa shape index (κ1) is 21.1. The lowest BCUT2D eigenvalue weighted by atomic mass is 10.2. The molecule has 0 aliphatic carbocycles. The molecule has 0 unspecified atom stereocenters. The number of halogens is 2. The Morgan fingerprint density at radius 3 is 2.48 bits per heavy atom. The number of piperazine rings is 1. The van der Waals surface area contributed by atoms with Crippen molar-refractivity contribution in [1.29, 1.82) is 0 Å². The summed E-state index contributed by atoms with van der Waals surface area (Å²) in [5, 5.41) is 8.08.